The maximum absolute atomic E-state index is 12.4. The highest BCUT2D eigenvalue weighted by Crippen LogP contribution is 2.18. The molecule has 9 nitrogen and oxygen atoms in total. The van der Waals surface area contributed by atoms with Gasteiger partial charge in [-0.15, -0.1) is 15.3 Å². The molecule has 0 atom stereocenters. The number of nitrogens with one attached hydrogen (secondary N) is 1. The fourth-order valence-electron chi connectivity index (χ4n) is 2.03. The molecule has 3 aromatic rings. The van der Waals surface area contributed by atoms with Crippen molar-refractivity contribution < 1.29 is 4.79 Å². The molecule has 0 aliphatic heterocycles. The second kappa shape index (κ2) is 7.09. The zero-order chi connectivity index (χ0) is 17.1. The number of aromatic nitrogens is 7. The van der Waals surface area contributed by atoms with Crippen LogP contribution in [0.15, 0.2) is 0 Å². The van der Waals surface area contributed by atoms with Crippen LogP contribution in [0.1, 0.15) is 45.9 Å². The number of hydrogen-bond donors (Lipinski definition) is 1. The highest BCUT2D eigenvalue weighted by Gasteiger charge is 2.19. The van der Waals surface area contributed by atoms with Crippen LogP contribution in [0.4, 0.5) is 5.13 Å². The van der Waals surface area contributed by atoms with Gasteiger partial charge in [-0.25, -0.2) is 4.68 Å². The van der Waals surface area contributed by atoms with Crippen molar-refractivity contribution >= 4 is 34.1 Å². The van der Waals surface area contributed by atoms with E-state index in [1.165, 1.54) is 11.3 Å². The van der Waals surface area contributed by atoms with Crippen LogP contribution in [-0.2, 0) is 13.0 Å². The monoisotopic (exact) mass is 364 g/mol. The molecule has 0 radical (unpaired) electrons. The predicted octanol–water partition coefficient (Wildman–Crippen LogP) is 1.85. The van der Waals surface area contributed by atoms with Crippen molar-refractivity contribution in [3.8, 4) is 0 Å². The van der Waals surface area contributed by atoms with Crippen LogP contribution in [0.2, 0.25) is 0 Å². The van der Waals surface area contributed by atoms with Gasteiger partial charge in [0.2, 0.25) is 5.13 Å². The highest BCUT2D eigenvalue weighted by molar-refractivity contribution is 7.15. The van der Waals surface area contributed by atoms with E-state index in [4.69, 9.17) is 0 Å². The highest BCUT2D eigenvalue weighted by atomic mass is 32.1. The van der Waals surface area contributed by atoms with E-state index < -0.39 is 0 Å². The molecule has 1 N–H and O–H groups in total. The molecule has 0 aliphatic carbocycles. The Labute approximate surface area is 146 Å². The largest absolute Gasteiger partial charge is 0.295 e. The molecule has 3 heterocycles. The molecular formula is C13H16N8OS2. The molecule has 0 spiro atoms. The Hall–Kier alpha value is -2.27. The maximum atomic E-state index is 12.4. The van der Waals surface area contributed by atoms with Crippen LogP contribution in [0.3, 0.4) is 0 Å². The van der Waals surface area contributed by atoms with Crippen molar-refractivity contribution in [2.24, 2.45) is 0 Å². The first-order valence-corrected chi connectivity index (χ1v) is 8.95. The van der Waals surface area contributed by atoms with Gasteiger partial charge in [-0.2, -0.15) is 8.75 Å². The normalized spacial score (nSPS) is 11.0. The van der Waals surface area contributed by atoms with E-state index in [2.05, 4.69) is 41.5 Å². The molecule has 0 saturated heterocycles. The van der Waals surface area contributed by atoms with E-state index >= 15 is 0 Å². The minimum absolute atomic E-state index is 0.267. The van der Waals surface area contributed by atoms with Crippen molar-refractivity contribution in [1.29, 1.82) is 0 Å². The summed E-state index contributed by atoms with van der Waals surface area (Å²) in [6.07, 6.45) is 1.84. The van der Waals surface area contributed by atoms with Gasteiger partial charge in [0.15, 0.2) is 5.69 Å². The van der Waals surface area contributed by atoms with Gasteiger partial charge in [0.05, 0.1) is 35.4 Å². The molecule has 0 saturated carbocycles. The zero-order valence-corrected chi connectivity index (χ0v) is 15.1. The van der Waals surface area contributed by atoms with Crippen molar-refractivity contribution in [1.82, 2.24) is 33.9 Å². The van der Waals surface area contributed by atoms with Gasteiger partial charge in [-0.1, -0.05) is 23.5 Å². The van der Waals surface area contributed by atoms with E-state index in [0.29, 0.717) is 17.4 Å². The number of carbonyl (C=O) groups is 1. The molecule has 126 valence electrons. The van der Waals surface area contributed by atoms with Crippen LogP contribution in [0.5, 0.6) is 0 Å². The summed E-state index contributed by atoms with van der Waals surface area (Å²) in [7, 11) is 0. The predicted molar refractivity (Wildman–Crippen MR) is 90.4 cm³/mol. The lowest BCUT2D eigenvalue weighted by atomic mass is 10.3. The van der Waals surface area contributed by atoms with Gasteiger partial charge in [-0.3, -0.25) is 10.1 Å². The van der Waals surface area contributed by atoms with Crippen LogP contribution in [-0.4, -0.2) is 39.8 Å². The lowest BCUT2D eigenvalue weighted by Crippen LogP contribution is -2.14. The maximum Gasteiger partial charge on any atom is 0.279 e. The third kappa shape index (κ3) is 3.46. The van der Waals surface area contributed by atoms with Gasteiger partial charge < -0.3 is 0 Å². The lowest BCUT2D eigenvalue weighted by molar-refractivity contribution is 0.102. The van der Waals surface area contributed by atoms with Gasteiger partial charge in [0.25, 0.3) is 5.91 Å². The lowest BCUT2D eigenvalue weighted by Gasteiger charge is -2.02. The number of carbonyl (C=O) groups excluding carboxylic acids is 1. The summed E-state index contributed by atoms with van der Waals surface area (Å²) in [5.41, 5.74) is 2.62. The molecule has 0 aliphatic rings. The summed E-state index contributed by atoms with van der Waals surface area (Å²) in [6.45, 7) is 6.20. The second-order valence-corrected chi connectivity index (χ2v) is 6.77. The van der Waals surface area contributed by atoms with Gasteiger partial charge in [0.1, 0.15) is 5.01 Å². The molecule has 0 aromatic carbocycles. The number of amides is 1. The fourth-order valence-corrected chi connectivity index (χ4v) is 3.42. The van der Waals surface area contributed by atoms with E-state index in [0.717, 1.165) is 41.0 Å². The van der Waals surface area contributed by atoms with Crippen molar-refractivity contribution in [3.63, 3.8) is 0 Å². The number of hydrogen-bond acceptors (Lipinski definition) is 9. The summed E-state index contributed by atoms with van der Waals surface area (Å²) in [5.74, 6) is -0.342. The Balaban J connectivity index is 1.72. The standard InChI is InChI=1S/C13H16N8OS2/c1-4-5-10-15-17-13(23-10)14-12(22)11-8(3)21(20-16-11)6-9-7(2)18-24-19-9/h4-6H2,1-3H3,(H,14,17,22). The Morgan fingerprint density at radius 3 is 2.75 bits per heavy atom. The molecule has 0 bridgehead atoms. The van der Waals surface area contributed by atoms with Crippen LogP contribution < -0.4 is 5.32 Å². The summed E-state index contributed by atoms with van der Waals surface area (Å²) in [5, 5.41) is 20.1. The van der Waals surface area contributed by atoms with Crippen LogP contribution >= 0.6 is 23.1 Å². The Kier molecular flexibility index (Phi) is 4.90. The SMILES string of the molecule is CCCc1nnc(NC(=O)c2nnn(Cc3nsnc3C)c2C)s1. The topological polar surface area (TPSA) is 111 Å². The first-order chi connectivity index (χ1) is 11.6. The van der Waals surface area contributed by atoms with E-state index in [1.807, 2.05) is 6.92 Å². The Bertz CT molecular complexity index is 852. The quantitative estimate of drug-likeness (QED) is 0.710. The summed E-state index contributed by atoms with van der Waals surface area (Å²) < 4.78 is 9.99. The smallest absolute Gasteiger partial charge is 0.279 e. The molecule has 0 fully saturated rings. The molecule has 11 heteroatoms. The minimum Gasteiger partial charge on any atom is -0.295 e. The van der Waals surface area contributed by atoms with Crippen LogP contribution in [0, 0.1) is 13.8 Å². The van der Waals surface area contributed by atoms with Crippen molar-refractivity contribution in [2.45, 2.75) is 40.2 Å². The third-order valence-electron chi connectivity index (χ3n) is 3.39. The Morgan fingerprint density at radius 2 is 2.04 bits per heavy atom. The molecule has 1 amide bonds. The second-order valence-electron chi connectivity index (χ2n) is 5.18. The molecule has 3 aromatic heterocycles. The van der Waals surface area contributed by atoms with Crippen molar-refractivity contribution in [3.05, 3.63) is 27.8 Å². The van der Waals surface area contributed by atoms with Gasteiger partial charge in [-0.05, 0) is 20.3 Å². The van der Waals surface area contributed by atoms with Gasteiger partial charge in [0, 0.05) is 6.42 Å². The molecule has 3 rings (SSSR count). The average Bonchev–Trinajstić information content (AvgIpc) is 3.24. The van der Waals surface area contributed by atoms with E-state index in [1.54, 1.807) is 11.6 Å². The number of rotatable bonds is 6. The fraction of sp³-hybridized carbons (Fsp3) is 0.462. The molecular weight excluding hydrogens is 348 g/mol. The average molecular weight is 364 g/mol. The van der Waals surface area contributed by atoms with E-state index in [-0.39, 0.29) is 11.6 Å². The Morgan fingerprint density at radius 1 is 1.21 bits per heavy atom. The first-order valence-electron chi connectivity index (χ1n) is 7.40. The molecule has 0 unspecified atom stereocenters. The summed E-state index contributed by atoms with van der Waals surface area (Å²) in [4.78, 5) is 12.4. The van der Waals surface area contributed by atoms with Crippen molar-refractivity contribution in [2.75, 3.05) is 5.32 Å². The van der Waals surface area contributed by atoms with E-state index in [9.17, 15) is 4.79 Å². The zero-order valence-electron chi connectivity index (χ0n) is 13.5. The minimum atomic E-state index is -0.342. The number of anilines is 1. The summed E-state index contributed by atoms with van der Waals surface area (Å²) in [6, 6.07) is 0. The third-order valence-corrected chi connectivity index (χ3v) is 4.95. The summed E-state index contributed by atoms with van der Waals surface area (Å²) >= 11 is 2.53. The number of aryl methyl sites for hydroxylation is 2. The number of nitrogens with zero attached hydrogens (tertiary/aromatic N) is 7. The van der Waals surface area contributed by atoms with Crippen LogP contribution in [0.25, 0.3) is 0 Å². The first kappa shape index (κ1) is 16.6. The van der Waals surface area contributed by atoms with Gasteiger partial charge >= 0.3 is 0 Å². The molecule has 24 heavy (non-hydrogen) atoms.